The van der Waals surface area contributed by atoms with Crippen molar-refractivity contribution in [3.63, 3.8) is 0 Å². The fourth-order valence-electron chi connectivity index (χ4n) is 6.90. The summed E-state index contributed by atoms with van der Waals surface area (Å²) in [5.41, 5.74) is 12.3. The third kappa shape index (κ3) is 8.67. The number of esters is 2. The Bertz CT molecular complexity index is 2580. The molecule has 0 aliphatic carbocycles. The molecule has 10 atom stereocenters. The zero-order valence-electron chi connectivity index (χ0n) is 32.6. The van der Waals surface area contributed by atoms with E-state index in [1.165, 1.54) is 24.3 Å². The number of nitrogens with zero attached hydrogens (tertiary/aromatic N) is 8. The van der Waals surface area contributed by atoms with E-state index in [-0.39, 0.29) is 45.1 Å². The molecule has 3 fully saturated rings. The van der Waals surface area contributed by atoms with Crippen LogP contribution in [0.25, 0.3) is 22.3 Å². The van der Waals surface area contributed by atoms with Crippen molar-refractivity contribution < 1.29 is 73.6 Å². The fourth-order valence-corrected chi connectivity index (χ4v) is 9.41. The summed E-state index contributed by atoms with van der Waals surface area (Å²) in [4.78, 5) is 49.8. The first-order valence-electron chi connectivity index (χ1n) is 18.9. The molecule has 9 rings (SSSR count). The predicted octanol–water partition coefficient (Wildman–Crippen LogP) is 4.00. The van der Waals surface area contributed by atoms with E-state index in [0.29, 0.717) is 0 Å². The van der Waals surface area contributed by atoms with Crippen molar-refractivity contribution in [2.75, 3.05) is 38.3 Å². The summed E-state index contributed by atoms with van der Waals surface area (Å²) < 4.78 is 121. The number of fused-ring (bicyclic) bond motifs is 4. The number of rotatable bonds is 10. The molecule has 4 N–H and O–H groups in total. The maximum absolute atomic E-state index is 16.9. The molecule has 0 saturated carbocycles. The zero-order valence-corrected chi connectivity index (χ0v) is 34.4. The van der Waals surface area contributed by atoms with Gasteiger partial charge in [0.1, 0.15) is 48.1 Å². The lowest BCUT2D eigenvalue weighted by Crippen LogP contribution is -2.38. The van der Waals surface area contributed by atoms with Gasteiger partial charge in [0.25, 0.3) is 0 Å². The second-order valence-electron chi connectivity index (χ2n) is 13.9. The van der Waals surface area contributed by atoms with Gasteiger partial charge < -0.3 is 30.4 Å². The lowest BCUT2D eigenvalue weighted by Gasteiger charge is -2.29. The molecule has 0 radical (unpaired) electrons. The van der Waals surface area contributed by atoms with E-state index in [1.807, 2.05) is 0 Å². The Hall–Kier alpha value is -5.92. The number of phosphoric acid groups is 2. The van der Waals surface area contributed by atoms with Crippen LogP contribution in [-0.2, 0) is 55.2 Å². The molecule has 7 heterocycles. The fraction of sp³-hybridized carbons (Fsp3) is 0.333. The number of hydrogen-bond donors (Lipinski definition) is 2. The van der Waals surface area contributed by atoms with Crippen molar-refractivity contribution in [2.45, 2.75) is 49.2 Å². The molecular formula is C36H34F2N10O14P2. The van der Waals surface area contributed by atoms with Crippen molar-refractivity contribution in [3.05, 3.63) is 97.1 Å². The Balaban J connectivity index is 1.05. The third-order valence-electron chi connectivity index (χ3n) is 9.97. The Morgan fingerprint density at radius 2 is 1.05 bits per heavy atom. The van der Waals surface area contributed by atoms with Crippen molar-refractivity contribution >= 4 is 61.5 Å². The maximum atomic E-state index is 16.9. The highest BCUT2D eigenvalue weighted by atomic mass is 31.2. The van der Waals surface area contributed by atoms with Crippen LogP contribution in [0.4, 0.5) is 20.4 Å². The van der Waals surface area contributed by atoms with E-state index >= 15 is 8.78 Å². The van der Waals surface area contributed by atoms with Gasteiger partial charge >= 0.3 is 27.6 Å². The topological polar surface area (TPSA) is 300 Å². The normalized spacial score (nSPS) is 29.7. The Kier molecular flexibility index (Phi) is 12.1. The minimum Gasteiger partial charge on any atom is -0.434 e. The minimum atomic E-state index is -5.16. The van der Waals surface area contributed by atoms with Gasteiger partial charge in [0.15, 0.2) is 47.7 Å². The van der Waals surface area contributed by atoms with Gasteiger partial charge in [-0.25, -0.2) is 66.5 Å². The number of benzene rings is 2. The molecule has 4 aromatic heterocycles. The molecule has 3 saturated heterocycles. The number of carbonyl (C=O) groups excluding carboxylic acids is 2. The number of hydrogen-bond acceptors (Lipinski definition) is 22. The van der Waals surface area contributed by atoms with Gasteiger partial charge in [-0.15, -0.1) is 0 Å². The SMILES string of the molecule is Nc1ncnc2c1ncn2[C@@H]1O[C@@H]2CO[P@@](=O)(OCOC(=O)c3ccccc3)O[C@H]3[C@@H](F)[C@H](n4cnc5c(N)ncnc54)O[C@@H]3CO[P@](=O)(OCOC(=O)c3ccccc3)O[C@H]2[C@H]1F. The highest BCUT2D eigenvalue weighted by Crippen LogP contribution is 2.58. The molecule has 24 nitrogen and oxygen atoms in total. The van der Waals surface area contributed by atoms with Crippen molar-refractivity contribution in [3.8, 4) is 0 Å². The monoisotopic (exact) mass is 930 g/mol. The molecule has 0 bridgehead atoms. The van der Waals surface area contributed by atoms with Crippen LogP contribution in [0, 0.1) is 0 Å². The first kappa shape index (κ1) is 43.3. The average Bonchev–Trinajstić information content (AvgIpc) is 4.07. The van der Waals surface area contributed by atoms with Gasteiger partial charge in [-0.3, -0.25) is 27.2 Å². The summed E-state index contributed by atoms with van der Waals surface area (Å²) in [6.07, 6.45) is -10.8. The number of anilines is 2. The molecule has 64 heavy (non-hydrogen) atoms. The van der Waals surface area contributed by atoms with E-state index in [9.17, 15) is 18.7 Å². The van der Waals surface area contributed by atoms with Crippen LogP contribution in [0.15, 0.2) is 86.0 Å². The van der Waals surface area contributed by atoms with E-state index in [2.05, 4.69) is 29.9 Å². The van der Waals surface area contributed by atoms with E-state index in [0.717, 1.165) is 34.4 Å². The van der Waals surface area contributed by atoms with Gasteiger partial charge in [-0.2, -0.15) is 0 Å². The molecular weight excluding hydrogens is 896 g/mol. The van der Waals surface area contributed by atoms with Gasteiger partial charge in [0.05, 0.1) is 37.0 Å². The van der Waals surface area contributed by atoms with Crippen molar-refractivity contribution in [2.24, 2.45) is 0 Å². The van der Waals surface area contributed by atoms with Gasteiger partial charge in [0, 0.05) is 0 Å². The molecule has 0 unspecified atom stereocenters. The lowest BCUT2D eigenvalue weighted by molar-refractivity contribution is -0.0797. The zero-order chi connectivity index (χ0) is 44.6. The first-order valence-corrected chi connectivity index (χ1v) is 21.9. The number of carbonyl (C=O) groups is 2. The summed E-state index contributed by atoms with van der Waals surface area (Å²) in [5.74, 6) is -1.87. The molecule has 2 aromatic carbocycles. The van der Waals surface area contributed by atoms with Crippen molar-refractivity contribution in [1.29, 1.82) is 0 Å². The number of nitrogens with two attached hydrogens (primary N) is 2. The smallest absolute Gasteiger partial charge is 0.434 e. The van der Waals surface area contributed by atoms with Crippen LogP contribution in [0.1, 0.15) is 33.2 Å². The standard InChI is InChI=1S/C36H34F2N10O14P2/c37-23-27-22(60-33(23)47-15-45-25-29(39)41-13-43-31(25)47)12-56-64(52,58-18-54-36(50)20-9-5-2-6-10-20)62-28-21(59-34(24(28)38)48-16-46-26-30(40)42-14-44-32(26)48)11-55-63(51,61-27)57-17-53-35(49)19-7-3-1-4-8-19/h1-10,13-16,21-24,27-28,33-34H,11-12,17-18H2,(H2,39,41,43)(H2,40,42,44)/t21-,22-,23-,24-,27-,28-,33-,34-,63-,64+/m1/s1. The summed E-state index contributed by atoms with van der Waals surface area (Å²) in [5, 5.41) is 0. The molecule has 6 aromatic rings. The summed E-state index contributed by atoms with van der Waals surface area (Å²) in [7, 11) is -10.3. The van der Waals surface area contributed by atoms with E-state index < -0.39 is 104 Å². The summed E-state index contributed by atoms with van der Waals surface area (Å²) in [6.45, 7) is -4.04. The van der Waals surface area contributed by atoms with E-state index in [1.54, 1.807) is 36.4 Å². The van der Waals surface area contributed by atoms with Crippen LogP contribution in [0.2, 0.25) is 0 Å². The van der Waals surface area contributed by atoms with Crippen LogP contribution in [0.3, 0.4) is 0 Å². The van der Waals surface area contributed by atoms with Crippen molar-refractivity contribution in [1.82, 2.24) is 39.0 Å². The number of halogens is 2. The molecule has 336 valence electrons. The molecule has 3 aliphatic rings. The highest BCUT2D eigenvalue weighted by Gasteiger charge is 2.56. The molecule has 3 aliphatic heterocycles. The van der Waals surface area contributed by atoms with Crippen LogP contribution < -0.4 is 11.5 Å². The molecule has 28 heteroatoms. The molecule has 0 spiro atoms. The lowest BCUT2D eigenvalue weighted by atomic mass is 10.1. The summed E-state index contributed by atoms with van der Waals surface area (Å²) in [6, 6.07) is 15.4. The number of nitrogen functional groups attached to an aromatic ring is 2. The largest absolute Gasteiger partial charge is 0.478 e. The second-order valence-corrected chi connectivity index (χ2v) is 17.1. The number of ether oxygens (including phenoxy) is 4. The van der Waals surface area contributed by atoms with Gasteiger partial charge in [0.2, 0.25) is 13.6 Å². The van der Waals surface area contributed by atoms with Crippen LogP contribution in [-0.4, -0.2) is 115 Å². The second kappa shape index (κ2) is 17.9. The van der Waals surface area contributed by atoms with Gasteiger partial charge in [-0.05, 0) is 24.3 Å². The average molecular weight is 931 g/mol. The third-order valence-corrected chi connectivity index (χ3v) is 12.7. The van der Waals surface area contributed by atoms with Crippen LogP contribution >= 0.6 is 15.6 Å². The Morgan fingerprint density at radius 1 is 0.641 bits per heavy atom. The van der Waals surface area contributed by atoms with Crippen LogP contribution in [0.5, 0.6) is 0 Å². The van der Waals surface area contributed by atoms with Gasteiger partial charge in [-0.1, -0.05) is 36.4 Å². The number of phosphoric ester groups is 2. The Morgan fingerprint density at radius 3 is 1.45 bits per heavy atom. The predicted molar refractivity (Wildman–Crippen MR) is 210 cm³/mol. The summed E-state index contributed by atoms with van der Waals surface area (Å²) >= 11 is 0. The molecule has 0 amide bonds. The number of alkyl halides is 2. The minimum absolute atomic E-state index is 0.0211. The highest BCUT2D eigenvalue weighted by molar-refractivity contribution is 7.48. The first-order chi connectivity index (χ1) is 30.9. The Labute approximate surface area is 358 Å². The number of imidazole rings is 2. The quantitative estimate of drug-likeness (QED) is 0.111. The maximum Gasteiger partial charge on any atom is 0.478 e. The number of aromatic nitrogens is 8. The van der Waals surface area contributed by atoms with E-state index in [4.69, 9.17) is 57.6 Å².